The van der Waals surface area contributed by atoms with Gasteiger partial charge in [0.25, 0.3) is 0 Å². The van der Waals surface area contributed by atoms with Gasteiger partial charge in [0, 0.05) is 92.8 Å². The number of fused-ring (bicyclic) bond motifs is 14. The van der Waals surface area contributed by atoms with Crippen molar-refractivity contribution in [1.29, 1.82) is 0 Å². The summed E-state index contributed by atoms with van der Waals surface area (Å²) in [5.74, 6) is 5.86. The van der Waals surface area contributed by atoms with Gasteiger partial charge in [-0.1, -0.05) is 93.5 Å². The van der Waals surface area contributed by atoms with Gasteiger partial charge in [-0.25, -0.2) is 8.78 Å². The van der Waals surface area contributed by atoms with E-state index in [4.69, 9.17) is 11.6 Å². The molecule has 8 nitrogen and oxygen atoms in total. The first-order valence-corrected chi connectivity index (χ1v) is 36.8. The van der Waals surface area contributed by atoms with Crippen LogP contribution in [0, 0.1) is 125 Å². The van der Waals surface area contributed by atoms with Crippen molar-refractivity contribution in [1.82, 2.24) is 10.2 Å². The van der Waals surface area contributed by atoms with E-state index in [1.807, 2.05) is 24.3 Å². The molecule has 0 aromatic heterocycles. The lowest BCUT2D eigenvalue weighted by Crippen LogP contribution is -2.67. The molecule has 1 N–H and O–H groups in total. The number of hydrogen-bond donors (Lipinski definition) is 1. The average Bonchev–Trinajstić information content (AvgIpc) is 1.48. The van der Waals surface area contributed by atoms with Crippen molar-refractivity contribution < 1.29 is 28.0 Å². The Morgan fingerprint density at radius 3 is 1.29 bits per heavy atom. The Hall–Kier alpha value is -3.89. The summed E-state index contributed by atoms with van der Waals surface area (Å²) in [5.41, 5.74) is 4.94. The van der Waals surface area contributed by atoms with Crippen molar-refractivity contribution in [3.63, 3.8) is 0 Å². The second kappa shape index (κ2) is 23.7. The zero-order valence-corrected chi connectivity index (χ0v) is 59.0. The number of ketones is 2. The van der Waals surface area contributed by atoms with E-state index >= 15 is 0 Å². The SMILES string of the molecule is C=C(C)[C@@H]1CC[C@]2(C(=O)Cl)CC[C@]3(C)C(CC[C@@H]4[C@@]5(C)CCC(=O)C(C)(C)C5CC[C@]43C)[C@@H]12.C=C(C)[C@@H]1CC[C@]2(C(=O)N3CCN(c4ccc(F)cc4)CC3)CC[C@]3(C)C(CC[C@@H]4[C@@]5(C)CCC(=O)C(C)(C)C5CC[C@]43C)[C@@H]12.Fc1ccc(N2CCNCC2)cc1. The Bertz CT molecular complexity index is 3150. The molecule has 500 valence electrons. The van der Waals surface area contributed by atoms with Gasteiger partial charge in [-0.3, -0.25) is 19.2 Å². The number of nitrogens with zero attached hydrogens (tertiary/aromatic N) is 3. The molecule has 10 aliphatic carbocycles. The van der Waals surface area contributed by atoms with Gasteiger partial charge < -0.3 is 20.0 Å². The predicted octanol–water partition coefficient (Wildman–Crippen LogP) is 17.9. The summed E-state index contributed by atoms with van der Waals surface area (Å²) in [6.07, 6.45) is 21.5. The maximum Gasteiger partial charge on any atom is 0.229 e. The highest BCUT2D eigenvalue weighted by Gasteiger charge is 2.74. The van der Waals surface area contributed by atoms with E-state index in [9.17, 15) is 28.0 Å². The van der Waals surface area contributed by atoms with Crippen LogP contribution in [0.4, 0.5) is 20.2 Å². The molecule has 2 aromatic carbocycles. The summed E-state index contributed by atoms with van der Waals surface area (Å²) < 4.78 is 26.2. The molecule has 18 atom stereocenters. The van der Waals surface area contributed by atoms with Crippen molar-refractivity contribution >= 4 is 45.7 Å². The van der Waals surface area contributed by atoms with Crippen molar-refractivity contribution in [2.45, 2.75) is 212 Å². The molecular formula is C80H115ClF2N4O4. The van der Waals surface area contributed by atoms with Crippen LogP contribution in [0.1, 0.15) is 212 Å². The third-order valence-electron chi connectivity index (χ3n) is 31.5. The van der Waals surface area contributed by atoms with E-state index in [1.165, 1.54) is 80.4 Å². The number of carbonyl (C=O) groups excluding carboxylic acids is 4. The Morgan fingerprint density at radius 2 is 0.868 bits per heavy atom. The van der Waals surface area contributed by atoms with Crippen molar-refractivity contribution in [2.24, 2.45) is 113 Å². The first kappa shape index (κ1) is 67.1. The molecule has 2 saturated heterocycles. The number of rotatable bonds is 6. The van der Waals surface area contributed by atoms with Crippen LogP contribution in [0.2, 0.25) is 0 Å². The molecule has 1 amide bonds. The fourth-order valence-electron chi connectivity index (χ4n) is 26.3. The van der Waals surface area contributed by atoms with E-state index in [-0.39, 0.29) is 71.0 Å². The standard InChI is InChI=1S/C40H57FN2O2.C30H45ClO2.C10H13FN2/c1-26(2)29-14-19-40(35(45)43-24-22-42(23-25-43)28-10-8-27(41)9-11-28)21-20-38(6)30(34(29)40)12-13-32-37(5)17-16-33(44)36(3,4)31(37)15-18-39(32,38)7;1-18(2)19-10-15-30(25(31)33)17-16-28(6)20(24(19)30)8-9-22-27(5)13-12-23(32)26(3,4)21(27)11-14-29(22,28)7;11-9-1-3-10(4-2-9)13-7-5-12-6-8-13/h8-11,29-32,34H,1,12-25H2,2-7H3;19-22,24H,1,8-17H2,2-7H3;1-4,12H,5-8H2/t29-,30?,31?,32+,34+,37-,38+,39+,40-;19-,20?,21?,22+,24+,27-,28+,29+,30-;/m00./s1. The molecule has 12 aliphatic rings. The number of anilines is 2. The third kappa shape index (κ3) is 10.2. The fraction of sp³-hybridized carbons (Fsp3) is 0.750. The van der Waals surface area contributed by atoms with Crippen LogP contribution in [-0.4, -0.2) is 80.0 Å². The molecule has 2 aromatic rings. The van der Waals surface area contributed by atoms with Gasteiger partial charge in [-0.2, -0.15) is 0 Å². The van der Waals surface area contributed by atoms with Crippen LogP contribution in [0.3, 0.4) is 0 Å². The Balaban J connectivity index is 0.000000151. The number of nitrogens with one attached hydrogen (secondary N) is 1. The largest absolute Gasteiger partial charge is 0.369 e. The number of piperazine rings is 2. The normalized spacial score (nSPS) is 43.4. The lowest BCUT2D eigenvalue weighted by molar-refractivity contribution is -0.234. The number of amides is 1. The zero-order chi connectivity index (χ0) is 65.4. The fourth-order valence-corrected chi connectivity index (χ4v) is 26.6. The number of halogens is 3. The monoisotopic (exact) mass is 1270 g/mol. The molecule has 91 heavy (non-hydrogen) atoms. The minimum absolute atomic E-state index is 0.0752. The molecule has 10 saturated carbocycles. The zero-order valence-electron chi connectivity index (χ0n) is 58.2. The molecule has 0 spiro atoms. The Morgan fingerprint density at radius 1 is 0.473 bits per heavy atom. The number of benzene rings is 2. The van der Waals surface area contributed by atoms with E-state index in [2.05, 4.69) is 116 Å². The molecular weight excluding hydrogens is 1150 g/mol. The summed E-state index contributed by atoms with van der Waals surface area (Å²) in [6, 6.07) is 13.5. The second-order valence-corrected chi connectivity index (χ2v) is 35.6. The van der Waals surface area contributed by atoms with Gasteiger partial charge in [-0.15, -0.1) is 0 Å². The van der Waals surface area contributed by atoms with Crippen molar-refractivity contribution in [3.05, 3.63) is 84.5 Å². The van der Waals surface area contributed by atoms with Crippen molar-refractivity contribution in [3.8, 4) is 0 Å². The minimum atomic E-state index is -0.334. The van der Waals surface area contributed by atoms with E-state index in [1.54, 1.807) is 0 Å². The molecule has 12 fully saturated rings. The van der Waals surface area contributed by atoms with Gasteiger partial charge >= 0.3 is 0 Å². The van der Waals surface area contributed by atoms with Gasteiger partial charge in [0.05, 0.1) is 5.41 Å². The first-order chi connectivity index (χ1) is 42.8. The van der Waals surface area contributed by atoms with E-state index in [0.29, 0.717) is 76.7 Å². The van der Waals surface area contributed by atoms with Gasteiger partial charge in [0.15, 0.2) is 0 Å². The maximum atomic E-state index is 14.9. The molecule has 2 aliphatic heterocycles. The van der Waals surface area contributed by atoms with Gasteiger partial charge in [-0.05, 0) is 281 Å². The smallest absolute Gasteiger partial charge is 0.229 e. The third-order valence-corrected chi connectivity index (χ3v) is 31.9. The number of Topliss-reactive ketones (excluding diaryl/α,β-unsaturated/α-hetero) is 2. The minimum Gasteiger partial charge on any atom is -0.369 e. The van der Waals surface area contributed by atoms with Crippen LogP contribution >= 0.6 is 11.6 Å². The predicted molar refractivity (Wildman–Crippen MR) is 365 cm³/mol. The molecule has 4 unspecified atom stereocenters. The summed E-state index contributed by atoms with van der Waals surface area (Å²) in [5, 5.41) is 3.20. The highest BCUT2D eigenvalue weighted by atomic mass is 35.5. The molecule has 2 heterocycles. The lowest BCUT2D eigenvalue weighted by atomic mass is 9.32. The maximum absolute atomic E-state index is 14.9. The van der Waals surface area contributed by atoms with Crippen LogP contribution in [0.15, 0.2) is 72.8 Å². The molecule has 0 radical (unpaired) electrons. The van der Waals surface area contributed by atoms with Gasteiger partial charge in [0.1, 0.15) is 23.2 Å². The Kier molecular flexibility index (Phi) is 17.5. The highest BCUT2D eigenvalue weighted by Crippen LogP contribution is 2.80. The number of allylic oxidation sites excluding steroid dienone is 2. The summed E-state index contributed by atoms with van der Waals surface area (Å²) in [6.45, 7) is 44.9. The number of hydrogen-bond acceptors (Lipinski definition) is 7. The quantitative estimate of drug-likeness (QED) is 0.228. The van der Waals surface area contributed by atoms with Crippen LogP contribution in [0.5, 0.6) is 0 Å². The first-order valence-electron chi connectivity index (χ1n) is 36.4. The summed E-state index contributed by atoms with van der Waals surface area (Å²) in [4.78, 5) is 60.6. The second-order valence-electron chi connectivity index (χ2n) is 35.2. The lowest BCUT2D eigenvalue weighted by Gasteiger charge is -2.72. The van der Waals surface area contributed by atoms with E-state index < -0.39 is 0 Å². The summed E-state index contributed by atoms with van der Waals surface area (Å²) in [7, 11) is 0. The number of carbonyl (C=O) groups is 4. The topological polar surface area (TPSA) is 90.0 Å². The highest BCUT2D eigenvalue weighted by molar-refractivity contribution is 6.64. The molecule has 14 rings (SSSR count). The Labute approximate surface area is 552 Å². The van der Waals surface area contributed by atoms with Crippen molar-refractivity contribution in [2.75, 3.05) is 62.2 Å². The molecule has 0 bridgehead atoms. The summed E-state index contributed by atoms with van der Waals surface area (Å²) >= 11 is 6.42. The average molecular weight is 1270 g/mol. The molecule has 11 heteroatoms. The van der Waals surface area contributed by atoms with Crippen LogP contribution < -0.4 is 15.1 Å². The van der Waals surface area contributed by atoms with Gasteiger partial charge in [0.2, 0.25) is 11.1 Å². The van der Waals surface area contributed by atoms with E-state index in [0.717, 1.165) is 147 Å². The van der Waals surface area contributed by atoms with Crippen LogP contribution in [0.25, 0.3) is 0 Å². The van der Waals surface area contributed by atoms with Crippen LogP contribution in [-0.2, 0) is 19.2 Å².